The smallest absolute Gasteiger partial charge is 0.174 e. The van der Waals surface area contributed by atoms with Crippen LogP contribution >= 0.6 is 0 Å². The van der Waals surface area contributed by atoms with Gasteiger partial charge in [-0.05, 0) is 62.5 Å². The quantitative estimate of drug-likeness (QED) is 0.323. The van der Waals surface area contributed by atoms with Gasteiger partial charge in [-0.1, -0.05) is 6.92 Å². The van der Waals surface area contributed by atoms with Crippen molar-refractivity contribution in [1.82, 2.24) is 24.8 Å². The van der Waals surface area contributed by atoms with Crippen molar-refractivity contribution in [3.63, 3.8) is 0 Å². The summed E-state index contributed by atoms with van der Waals surface area (Å²) >= 11 is 0. The van der Waals surface area contributed by atoms with Crippen molar-refractivity contribution in [2.45, 2.75) is 32.2 Å². The second kappa shape index (κ2) is 10.7. The zero-order chi connectivity index (χ0) is 26.9. The Morgan fingerprint density at radius 3 is 2.63 bits per heavy atom. The van der Waals surface area contributed by atoms with E-state index < -0.39 is 21.3 Å². The fraction of sp³-hybridized carbons (Fsp3) is 0.333. The van der Waals surface area contributed by atoms with Gasteiger partial charge in [-0.15, -0.1) is 0 Å². The fourth-order valence-electron chi connectivity index (χ4n) is 4.93. The first kappa shape index (κ1) is 26.1. The van der Waals surface area contributed by atoms with E-state index in [-0.39, 0.29) is 17.1 Å². The lowest BCUT2D eigenvalue weighted by atomic mass is 10.1. The largest absolute Gasteiger partial charge is 0.357 e. The average Bonchev–Trinajstić information content (AvgIpc) is 3.29. The van der Waals surface area contributed by atoms with E-state index in [0.717, 1.165) is 37.8 Å². The lowest BCUT2D eigenvalue weighted by Crippen LogP contribution is -2.41. The Balaban J connectivity index is 1.67. The van der Waals surface area contributed by atoms with Gasteiger partial charge >= 0.3 is 0 Å². The topological polar surface area (TPSA) is 88.0 Å². The van der Waals surface area contributed by atoms with Crippen molar-refractivity contribution in [1.29, 1.82) is 0 Å². The lowest BCUT2D eigenvalue weighted by molar-refractivity contribution is 0.442. The molecule has 0 amide bonds. The summed E-state index contributed by atoms with van der Waals surface area (Å²) in [5, 5.41) is 3.38. The molecule has 0 saturated carbocycles. The van der Waals surface area contributed by atoms with Crippen LogP contribution in [0.3, 0.4) is 0 Å². The van der Waals surface area contributed by atoms with Gasteiger partial charge in [0.25, 0.3) is 0 Å². The molecule has 8 nitrogen and oxygen atoms in total. The van der Waals surface area contributed by atoms with E-state index in [4.69, 9.17) is 4.98 Å². The maximum atomic E-state index is 15.8. The van der Waals surface area contributed by atoms with Gasteiger partial charge in [-0.2, -0.15) is 0 Å². The molecule has 3 aromatic heterocycles. The highest BCUT2D eigenvalue weighted by Gasteiger charge is 2.24. The lowest BCUT2D eigenvalue weighted by Gasteiger charge is -2.32. The summed E-state index contributed by atoms with van der Waals surface area (Å²) in [7, 11) is -0.764. The summed E-state index contributed by atoms with van der Waals surface area (Å²) in [6.45, 7) is 3.76. The summed E-state index contributed by atoms with van der Waals surface area (Å²) in [5.74, 6) is 3.11. The molecule has 4 aromatic rings. The molecule has 1 fully saturated rings. The molecular formula is C27H31F2N7OS. The molecule has 1 atom stereocenters. The van der Waals surface area contributed by atoms with Crippen molar-refractivity contribution in [3.05, 3.63) is 60.8 Å². The number of pyridine rings is 1. The highest BCUT2D eigenvalue weighted by molar-refractivity contribution is 8.01. The van der Waals surface area contributed by atoms with Crippen LogP contribution in [0.15, 0.2) is 49.2 Å². The summed E-state index contributed by atoms with van der Waals surface area (Å²) in [5.41, 5.74) is 2.04. The van der Waals surface area contributed by atoms with Crippen molar-refractivity contribution in [2.24, 2.45) is 0 Å². The number of benzene rings is 1. The molecule has 0 bridgehead atoms. The summed E-state index contributed by atoms with van der Waals surface area (Å²) in [4.78, 5) is 15.4. The van der Waals surface area contributed by atoms with Gasteiger partial charge in [0.1, 0.15) is 23.6 Å². The number of rotatable bonds is 8. The fourth-order valence-corrected chi connectivity index (χ4v) is 6.25. The van der Waals surface area contributed by atoms with E-state index in [1.54, 1.807) is 18.6 Å². The number of anilines is 2. The number of fused-ring (bicyclic) bond motifs is 1. The summed E-state index contributed by atoms with van der Waals surface area (Å²) < 4.78 is 48.0. The Bertz CT molecular complexity index is 1550. The van der Waals surface area contributed by atoms with Gasteiger partial charge in [0.15, 0.2) is 5.82 Å². The van der Waals surface area contributed by atoms with Crippen LogP contribution in [0.1, 0.15) is 26.2 Å². The molecular weight excluding hydrogens is 508 g/mol. The van der Waals surface area contributed by atoms with Gasteiger partial charge in [-0.3, -0.25) is 0 Å². The standard InChI is InChI=1S/C27H31F2N7OS/c1-4-13-38(3,37)34-22-6-5-21(28)27(25(22)29)36-16-20(18-14-31-17-32-15-18)26-23(36)7-8-24(33-26)35(2)19-9-11-30-12-10-19/h5-8,14-17,19,30H,3-4,9-13H2,1-2H3,(H,34,37). The Kier molecular flexibility index (Phi) is 7.31. The molecule has 11 heteroatoms. The Morgan fingerprint density at radius 2 is 1.92 bits per heavy atom. The molecule has 1 unspecified atom stereocenters. The third kappa shape index (κ3) is 5.08. The highest BCUT2D eigenvalue weighted by atomic mass is 32.2. The number of halogens is 2. The average molecular weight is 540 g/mol. The van der Waals surface area contributed by atoms with Crippen molar-refractivity contribution >= 4 is 38.1 Å². The maximum absolute atomic E-state index is 15.8. The molecule has 1 aliphatic heterocycles. The first-order chi connectivity index (χ1) is 18.3. The minimum Gasteiger partial charge on any atom is -0.357 e. The molecule has 1 saturated heterocycles. The molecule has 5 rings (SSSR count). The van der Waals surface area contributed by atoms with Gasteiger partial charge < -0.3 is 19.5 Å². The first-order valence-electron chi connectivity index (χ1n) is 12.6. The van der Waals surface area contributed by atoms with E-state index >= 15 is 8.78 Å². The minimum absolute atomic E-state index is 0.0727. The number of nitrogens with one attached hydrogen (secondary N) is 2. The van der Waals surface area contributed by atoms with E-state index in [9.17, 15) is 4.21 Å². The predicted molar refractivity (Wildman–Crippen MR) is 150 cm³/mol. The van der Waals surface area contributed by atoms with Gasteiger partial charge in [0.2, 0.25) is 0 Å². The van der Waals surface area contributed by atoms with Crippen LogP contribution < -0.4 is 14.9 Å². The number of hydrogen-bond donors (Lipinski definition) is 2. The van der Waals surface area contributed by atoms with Crippen LogP contribution in [0, 0.1) is 11.6 Å². The molecule has 38 heavy (non-hydrogen) atoms. The number of aromatic nitrogens is 4. The Labute approximate surface area is 221 Å². The molecule has 0 spiro atoms. The third-order valence-corrected chi connectivity index (χ3v) is 8.52. The molecule has 2 N–H and O–H groups in total. The van der Waals surface area contributed by atoms with Crippen LogP contribution in [0.2, 0.25) is 0 Å². The zero-order valence-electron chi connectivity index (χ0n) is 21.5. The van der Waals surface area contributed by atoms with Gasteiger partial charge in [-0.25, -0.2) is 27.9 Å². The van der Waals surface area contributed by atoms with Crippen LogP contribution in [0.4, 0.5) is 20.3 Å². The van der Waals surface area contributed by atoms with Crippen LogP contribution in [0.25, 0.3) is 27.8 Å². The Morgan fingerprint density at radius 1 is 1.18 bits per heavy atom. The predicted octanol–water partition coefficient (Wildman–Crippen LogP) is 4.40. The highest BCUT2D eigenvalue weighted by Crippen LogP contribution is 2.35. The van der Waals surface area contributed by atoms with Gasteiger partial charge in [0.05, 0.1) is 16.7 Å². The molecule has 0 radical (unpaired) electrons. The van der Waals surface area contributed by atoms with Crippen LogP contribution in [-0.2, 0) is 9.71 Å². The second-order valence-electron chi connectivity index (χ2n) is 9.54. The van der Waals surface area contributed by atoms with E-state index in [1.807, 2.05) is 26.1 Å². The van der Waals surface area contributed by atoms with E-state index in [2.05, 4.69) is 30.8 Å². The number of hydrogen-bond acceptors (Lipinski definition) is 6. The minimum atomic E-state index is -2.79. The van der Waals surface area contributed by atoms with E-state index in [0.29, 0.717) is 34.6 Å². The first-order valence-corrected chi connectivity index (χ1v) is 14.5. The number of nitrogens with zero attached hydrogens (tertiary/aromatic N) is 5. The molecule has 0 aliphatic carbocycles. The number of piperidine rings is 1. The normalized spacial score (nSPS) is 15.9. The van der Waals surface area contributed by atoms with Crippen molar-refractivity contribution in [3.8, 4) is 16.8 Å². The monoisotopic (exact) mass is 539 g/mol. The van der Waals surface area contributed by atoms with E-state index in [1.165, 1.54) is 17.0 Å². The molecule has 1 aliphatic rings. The van der Waals surface area contributed by atoms with Crippen molar-refractivity contribution < 1.29 is 13.0 Å². The molecule has 200 valence electrons. The summed E-state index contributed by atoms with van der Waals surface area (Å²) in [6.07, 6.45) is 8.96. The maximum Gasteiger partial charge on any atom is 0.174 e. The van der Waals surface area contributed by atoms with Crippen LogP contribution in [-0.4, -0.2) is 61.5 Å². The van der Waals surface area contributed by atoms with Crippen molar-refractivity contribution in [2.75, 3.05) is 35.5 Å². The Hall–Kier alpha value is -3.57. The SMILES string of the molecule is C=S(=O)(CCC)Nc1ccc(F)c(-n2cc(-c3cncnc3)c3nc(N(C)C4CCNCC4)ccc32)c1F. The van der Waals surface area contributed by atoms with Crippen LogP contribution in [0.5, 0.6) is 0 Å². The molecule has 4 heterocycles. The zero-order valence-corrected chi connectivity index (χ0v) is 22.3. The second-order valence-corrected chi connectivity index (χ2v) is 11.8. The van der Waals surface area contributed by atoms with Gasteiger partial charge in [0, 0.05) is 58.3 Å². The molecule has 1 aromatic carbocycles. The summed E-state index contributed by atoms with van der Waals surface area (Å²) in [6, 6.07) is 6.44. The third-order valence-electron chi connectivity index (χ3n) is 6.86.